The van der Waals surface area contributed by atoms with Crippen molar-refractivity contribution in [3.63, 3.8) is 0 Å². The first-order chi connectivity index (χ1) is 8.46. The molecule has 0 saturated carbocycles. The highest BCUT2D eigenvalue weighted by Gasteiger charge is 2.22. The van der Waals surface area contributed by atoms with Gasteiger partial charge in [-0.05, 0) is 25.0 Å². The summed E-state index contributed by atoms with van der Waals surface area (Å²) in [5, 5.41) is 0. The average molecular weight is 248 g/mol. The van der Waals surface area contributed by atoms with Gasteiger partial charge >= 0.3 is 5.97 Å². The zero-order valence-corrected chi connectivity index (χ0v) is 11.2. The van der Waals surface area contributed by atoms with Gasteiger partial charge in [0, 0.05) is 19.3 Å². The van der Waals surface area contributed by atoms with Gasteiger partial charge in [-0.3, -0.25) is 4.79 Å². The van der Waals surface area contributed by atoms with E-state index in [0.29, 0.717) is 19.3 Å². The van der Waals surface area contributed by atoms with Crippen LogP contribution in [0, 0.1) is 0 Å². The molecule has 0 bridgehead atoms. The molecule has 0 saturated heterocycles. The van der Waals surface area contributed by atoms with E-state index in [4.69, 9.17) is 4.74 Å². The quantitative estimate of drug-likeness (QED) is 0.574. The minimum atomic E-state index is -0.521. The van der Waals surface area contributed by atoms with Crippen molar-refractivity contribution in [3.8, 4) is 0 Å². The first kappa shape index (κ1) is 14.4. The molecule has 0 aromatic heterocycles. The zero-order valence-electron chi connectivity index (χ0n) is 11.2. The van der Waals surface area contributed by atoms with E-state index in [-0.39, 0.29) is 5.97 Å². The van der Waals surface area contributed by atoms with E-state index in [1.54, 1.807) is 6.92 Å². The molecule has 0 fully saturated rings. The summed E-state index contributed by atoms with van der Waals surface area (Å²) in [6.45, 7) is 5.57. The molecule has 1 rings (SSSR count). The van der Waals surface area contributed by atoms with Gasteiger partial charge in [-0.1, -0.05) is 31.2 Å². The van der Waals surface area contributed by atoms with Crippen LogP contribution in [-0.4, -0.2) is 17.9 Å². The van der Waals surface area contributed by atoms with Gasteiger partial charge < -0.3 is 9.53 Å². The van der Waals surface area contributed by atoms with Crippen LogP contribution in [0.3, 0.4) is 0 Å². The summed E-state index contributed by atoms with van der Waals surface area (Å²) in [6, 6.07) is 7.81. The third-order valence-electron chi connectivity index (χ3n) is 2.62. The maximum atomic E-state index is 11.3. The number of aldehydes is 1. The Bertz CT molecular complexity index is 422. The van der Waals surface area contributed by atoms with Crippen LogP contribution in [0.25, 0.3) is 0 Å². The van der Waals surface area contributed by atoms with Crippen LogP contribution in [0.1, 0.15) is 38.3 Å². The van der Waals surface area contributed by atoms with Gasteiger partial charge in [0.25, 0.3) is 0 Å². The summed E-state index contributed by atoms with van der Waals surface area (Å²) >= 11 is 0. The fourth-order valence-corrected chi connectivity index (χ4v) is 1.87. The van der Waals surface area contributed by atoms with Gasteiger partial charge in [-0.25, -0.2) is 0 Å². The number of esters is 1. The van der Waals surface area contributed by atoms with E-state index in [1.165, 1.54) is 0 Å². The Morgan fingerprint density at radius 3 is 2.61 bits per heavy atom. The molecule has 0 aliphatic heterocycles. The largest absolute Gasteiger partial charge is 0.459 e. The highest BCUT2D eigenvalue weighted by atomic mass is 16.6. The van der Waals surface area contributed by atoms with Crippen molar-refractivity contribution < 1.29 is 14.3 Å². The molecular formula is C15H20O3. The monoisotopic (exact) mass is 248 g/mol. The summed E-state index contributed by atoms with van der Waals surface area (Å²) in [6.07, 6.45) is 2.34. The Morgan fingerprint density at radius 2 is 2.00 bits per heavy atom. The minimum Gasteiger partial charge on any atom is -0.459 e. The second kappa shape index (κ2) is 6.34. The molecule has 0 unspecified atom stereocenters. The number of hydrogen-bond donors (Lipinski definition) is 0. The highest BCUT2D eigenvalue weighted by Crippen LogP contribution is 2.18. The summed E-state index contributed by atoms with van der Waals surface area (Å²) in [5.74, 6) is -0.191. The molecule has 0 heterocycles. The Hall–Kier alpha value is -1.64. The van der Waals surface area contributed by atoms with Crippen LogP contribution in [0.2, 0.25) is 0 Å². The van der Waals surface area contributed by atoms with Crippen molar-refractivity contribution in [1.29, 1.82) is 0 Å². The van der Waals surface area contributed by atoms with Crippen molar-refractivity contribution in [1.82, 2.24) is 0 Å². The normalized spacial score (nSPS) is 11.1. The van der Waals surface area contributed by atoms with Crippen molar-refractivity contribution in [3.05, 3.63) is 35.4 Å². The fourth-order valence-electron chi connectivity index (χ4n) is 1.87. The van der Waals surface area contributed by atoms with E-state index in [0.717, 1.165) is 17.4 Å². The molecule has 18 heavy (non-hydrogen) atoms. The molecular weight excluding hydrogens is 228 g/mol. The van der Waals surface area contributed by atoms with Crippen LogP contribution in [0.5, 0.6) is 0 Å². The predicted octanol–water partition coefficient (Wildman–Crippen LogP) is 2.70. The Balaban J connectivity index is 2.73. The van der Waals surface area contributed by atoms with Gasteiger partial charge in [0.05, 0.1) is 0 Å². The Labute approximate surface area is 108 Å². The van der Waals surface area contributed by atoms with Crippen molar-refractivity contribution in [2.75, 3.05) is 0 Å². The van der Waals surface area contributed by atoms with E-state index in [1.807, 2.05) is 38.1 Å². The Kier molecular flexibility index (Phi) is 5.08. The molecule has 0 amide bonds. The van der Waals surface area contributed by atoms with Crippen LogP contribution in [-0.2, 0) is 27.2 Å². The van der Waals surface area contributed by atoms with Gasteiger partial charge in [-0.15, -0.1) is 0 Å². The van der Waals surface area contributed by atoms with Crippen LogP contribution < -0.4 is 0 Å². The molecule has 0 aliphatic carbocycles. The smallest absolute Gasteiger partial charge is 0.306 e. The van der Waals surface area contributed by atoms with Crippen LogP contribution in [0.4, 0.5) is 0 Å². The molecule has 1 aromatic carbocycles. The number of hydrogen-bond acceptors (Lipinski definition) is 3. The van der Waals surface area contributed by atoms with Gasteiger partial charge in [0.1, 0.15) is 11.9 Å². The number of carbonyl (C=O) groups is 2. The summed E-state index contributed by atoms with van der Waals surface area (Å²) in [4.78, 5) is 21.8. The highest BCUT2D eigenvalue weighted by molar-refractivity contribution is 5.69. The lowest BCUT2D eigenvalue weighted by molar-refractivity contribution is -0.155. The summed E-state index contributed by atoms with van der Waals surface area (Å²) in [7, 11) is 0. The molecule has 0 N–H and O–H groups in total. The third kappa shape index (κ3) is 4.70. The molecule has 98 valence electrons. The first-order valence-corrected chi connectivity index (χ1v) is 6.20. The number of rotatable bonds is 6. The maximum absolute atomic E-state index is 11.3. The second-order valence-corrected chi connectivity index (χ2v) is 4.95. The minimum absolute atomic E-state index is 0.191. The maximum Gasteiger partial charge on any atom is 0.306 e. The fraction of sp³-hybridized carbons (Fsp3) is 0.467. The lowest BCUT2D eigenvalue weighted by Crippen LogP contribution is -2.30. The number of carbonyl (C=O) groups excluding carboxylic acids is 2. The molecule has 0 aliphatic rings. The molecule has 0 atom stereocenters. The molecule has 0 radical (unpaired) electrons. The SMILES string of the molecule is CCC(=O)OC(C)(C)Cc1cccc(CC=O)c1. The van der Waals surface area contributed by atoms with Gasteiger partial charge in [-0.2, -0.15) is 0 Å². The topological polar surface area (TPSA) is 43.4 Å². The Morgan fingerprint density at radius 1 is 1.33 bits per heavy atom. The van der Waals surface area contributed by atoms with E-state index < -0.39 is 5.60 Å². The van der Waals surface area contributed by atoms with Crippen molar-refractivity contribution in [2.24, 2.45) is 0 Å². The second-order valence-electron chi connectivity index (χ2n) is 4.95. The third-order valence-corrected chi connectivity index (χ3v) is 2.62. The molecule has 0 spiro atoms. The lowest BCUT2D eigenvalue weighted by Gasteiger charge is -2.25. The predicted molar refractivity (Wildman–Crippen MR) is 70.4 cm³/mol. The first-order valence-electron chi connectivity index (χ1n) is 6.20. The molecule has 3 heteroatoms. The van der Waals surface area contributed by atoms with E-state index >= 15 is 0 Å². The summed E-state index contributed by atoms with van der Waals surface area (Å²) in [5.41, 5.74) is 1.54. The van der Waals surface area contributed by atoms with Crippen molar-refractivity contribution >= 4 is 12.3 Å². The van der Waals surface area contributed by atoms with E-state index in [2.05, 4.69) is 0 Å². The standard InChI is InChI=1S/C15H20O3/c1-4-14(17)18-15(2,3)11-13-7-5-6-12(10-13)8-9-16/h5-7,9-10H,4,8,11H2,1-3H3. The molecule has 3 nitrogen and oxygen atoms in total. The zero-order chi connectivity index (χ0) is 13.6. The van der Waals surface area contributed by atoms with Gasteiger partial charge in [0.2, 0.25) is 0 Å². The van der Waals surface area contributed by atoms with Crippen LogP contribution >= 0.6 is 0 Å². The number of ether oxygens (including phenoxy) is 1. The average Bonchev–Trinajstić information content (AvgIpc) is 2.28. The van der Waals surface area contributed by atoms with Gasteiger partial charge in [0.15, 0.2) is 0 Å². The lowest BCUT2D eigenvalue weighted by atomic mass is 9.96. The molecule has 1 aromatic rings. The van der Waals surface area contributed by atoms with E-state index in [9.17, 15) is 9.59 Å². The number of benzene rings is 1. The van der Waals surface area contributed by atoms with Crippen molar-refractivity contribution in [2.45, 2.75) is 45.6 Å². The summed E-state index contributed by atoms with van der Waals surface area (Å²) < 4.78 is 5.38. The van der Waals surface area contributed by atoms with Crippen LogP contribution in [0.15, 0.2) is 24.3 Å².